The number of aryl methyl sites for hydroxylation is 3. The third-order valence-electron chi connectivity index (χ3n) is 5.80. The number of benzene rings is 2. The van der Waals surface area contributed by atoms with E-state index in [-0.39, 0.29) is 0 Å². The Kier molecular flexibility index (Phi) is 5.64. The summed E-state index contributed by atoms with van der Waals surface area (Å²) in [5, 5.41) is 0.933. The second kappa shape index (κ2) is 7.94. The fourth-order valence-corrected chi connectivity index (χ4v) is 6.93. The summed E-state index contributed by atoms with van der Waals surface area (Å²) >= 11 is 1.60. The molecule has 0 radical (unpaired) electrons. The predicted molar refractivity (Wildman–Crippen MR) is 125 cm³/mol. The van der Waals surface area contributed by atoms with Crippen LogP contribution in [0.25, 0.3) is 0 Å². The van der Waals surface area contributed by atoms with E-state index in [2.05, 4.69) is 0 Å². The number of sulfonamides is 1. The van der Waals surface area contributed by atoms with Crippen LogP contribution in [0.2, 0.25) is 0 Å². The van der Waals surface area contributed by atoms with Crippen molar-refractivity contribution in [1.29, 1.82) is 0 Å². The molecule has 4 rings (SSSR count). The predicted octanol–water partition coefficient (Wildman–Crippen LogP) is 4.36. The van der Waals surface area contributed by atoms with Crippen molar-refractivity contribution in [3.05, 3.63) is 64.7 Å². The van der Waals surface area contributed by atoms with Crippen molar-refractivity contribution in [3.8, 4) is 0 Å². The van der Waals surface area contributed by atoms with Gasteiger partial charge < -0.3 is 0 Å². The van der Waals surface area contributed by atoms with E-state index >= 15 is 0 Å². The maximum absolute atomic E-state index is 13.4. The molecule has 0 atom stereocenters. The van der Waals surface area contributed by atoms with Gasteiger partial charge in [-0.15, -0.1) is 11.8 Å². The standard InChI is InChI=1S/C23H27N3O2S2/c1-16-14-17(2)21(18(3)15-16)30(27,28)26-12-10-23(11-13-26)24-20(22(25-23)29-4)19-8-6-5-7-9-19/h5-9,14-15H,10-13H2,1-4H3. The van der Waals surface area contributed by atoms with Gasteiger partial charge in [0, 0.05) is 31.5 Å². The molecular weight excluding hydrogens is 414 g/mol. The van der Waals surface area contributed by atoms with Crippen molar-refractivity contribution in [3.63, 3.8) is 0 Å². The Bertz CT molecular complexity index is 1110. The number of thioether (sulfide) groups is 1. The fourth-order valence-electron chi connectivity index (χ4n) is 4.46. The van der Waals surface area contributed by atoms with E-state index in [0.29, 0.717) is 30.8 Å². The summed E-state index contributed by atoms with van der Waals surface area (Å²) in [6.45, 7) is 6.59. The van der Waals surface area contributed by atoms with E-state index in [1.54, 1.807) is 16.1 Å². The lowest BCUT2D eigenvalue weighted by Gasteiger charge is -2.35. The Hall–Kier alpha value is -1.96. The molecule has 0 N–H and O–H groups in total. The summed E-state index contributed by atoms with van der Waals surface area (Å²) < 4.78 is 28.4. The van der Waals surface area contributed by atoms with Crippen LogP contribution in [0.5, 0.6) is 0 Å². The second-order valence-electron chi connectivity index (χ2n) is 8.06. The normalized spacial score (nSPS) is 19.1. The number of rotatable bonds is 3. The minimum absolute atomic E-state index is 0.422. The lowest BCUT2D eigenvalue weighted by atomic mass is 10.00. The van der Waals surface area contributed by atoms with Crippen LogP contribution in [0.4, 0.5) is 0 Å². The third kappa shape index (κ3) is 3.74. The molecule has 0 amide bonds. The van der Waals surface area contributed by atoms with E-state index in [1.165, 1.54) is 0 Å². The van der Waals surface area contributed by atoms with Gasteiger partial charge in [-0.25, -0.2) is 13.4 Å². The molecule has 2 aliphatic rings. The molecular formula is C23H27N3O2S2. The Labute approximate surface area is 183 Å². The Morgan fingerprint density at radius 1 is 0.967 bits per heavy atom. The van der Waals surface area contributed by atoms with Crippen molar-refractivity contribution in [2.45, 2.75) is 44.2 Å². The molecule has 2 aromatic carbocycles. The van der Waals surface area contributed by atoms with Crippen LogP contribution in [0, 0.1) is 20.8 Å². The Morgan fingerprint density at radius 2 is 1.57 bits per heavy atom. The third-order valence-corrected chi connectivity index (χ3v) is 8.67. The molecule has 5 nitrogen and oxygen atoms in total. The van der Waals surface area contributed by atoms with Crippen LogP contribution in [-0.2, 0) is 10.0 Å². The molecule has 1 saturated heterocycles. The highest BCUT2D eigenvalue weighted by Crippen LogP contribution is 2.37. The van der Waals surface area contributed by atoms with Crippen LogP contribution >= 0.6 is 11.8 Å². The number of piperidine rings is 1. The summed E-state index contributed by atoms with van der Waals surface area (Å²) in [5.41, 5.74) is 4.12. The van der Waals surface area contributed by atoms with Gasteiger partial charge >= 0.3 is 0 Å². The molecule has 2 aliphatic heterocycles. The van der Waals surface area contributed by atoms with Gasteiger partial charge in [0.15, 0.2) is 5.66 Å². The van der Waals surface area contributed by atoms with E-state index in [1.807, 2.05) is 69.5 Å². The maximum atomic E-state index is 13.4. The summed E-state index contributed by atoms with van der Waals surface area (Å²) in [6.07, 6.45) is 3.20. The molecule has 0 aliphatic carbocycles. The van der Waals surface area contributed by atoms with E-state index in [4.69, 9.17) is 9.98 Å². The van der Waals surface area contributed by atoms with Crippen LogP contribution in [0.1, 0.15) is 35.1 Å². The quantitative estimate of drug-likeness (QED) is 0.711. The van der Waals surface area contributed by atoms with Gasteiger partial charge in [-0.05, 0) is 38.2 Å². The first kappa shape index (κ1) is 21.3. The minimum Gasteiger partial charge on any atom is -0.252 e. The van der Waals surface area contributed by atoms with Gasteiger partial charge in [0.05, 0.1) is 10.6 Å². The van der Waals surface area contributed by atoms with Crippen LogP contribution in [0.3, 0.4) is 0 Å². The first-order valence-corrected chi connectivity index (χ1v) is 12.8. The lowest BCUT2D eigenvalue weighted by molar-refractivity contribution is 0.249. The Morgan fingerprint density at radius 3 is 2.13 bits per heavy atom. The van der Waals surface area contributed by atoms with Gasteiger partial charge in [-0.2, -0.15) is 4.31 Å². The van der Waals surface area contributed by atoms with E-state index < -0.39 is 15.7 Å². The molecule has 0 aromatic heterocycles. The molecule has 7 heteroatoms. The molecule has 0 saturated carbocycles. The Balaban J connectivity index is 1.60. The van der Waals surface area contributed by atoms with Gasteiger partial charge in [0.1, 0.15) is 5.04 Å². The monoisotopic (exact) mass is 441 g/mol. The minimum atomic E-state index is -3.54. The second-order valence-corrected chi connectivity index (χ2v) is 10.7. The molecule has 2 heterocycles. The van der Waals surface area contributed by atoms with Gasteiger partial charge in [-0.1, -0.05) is 48.0 Å². The smallest absolute Gasteiger partial charge is 0.243 e. The number of hydrogen-bond acceptors (Lipinski definition) is 5. The van der Waals surface area contributed by atoms with Crippen molar-refractivity contribution >= 4 is 32.5 Å². The van der Waals surface area contributed by atoms with Crippen molar-refractivity contribution in [2.24, 2.45) is 9.98 Å². The van der Waals surface area contributed by atoms with E-state index in [9.17, 15) is 8.42 Å². The number of nitrogens with zero attached hydrogens (tertiary/aromatic N) is 3. The van der Waals surface area contributed by atoms with Crippen LogP contribution in [-0.4, -0.2) is 48.5 Å². The molecule has 1 spiro atoms. The van der Waals surface area contributed by atoms with Crippen molar-refractivity contribution in [2.75, 3.05) is 19.3 Å². The van der Waals surface area contributed by atoms with Gasteiger partial charge in [-0.3, -0.25) is 4.99 Å². The number of hydrogen-bond donors (Lipinski definition) is 0. The van der Waals surface area contributed by atoms with Gasteiger partial charge in [0.25, 0.3) is 0 Å². The summed E-state index contributed by atoms with van der Waals surface area (Å²) in [5.74, 6) is 0. The highest BCUT2D eigenvalue weighted by atomic mass is 32.2. The van der Waals surface area contributed by atoms with E-state index in [0.717, 1.165) is 33.0 Å². The van der Waals surface area contributed by atoms with Crippen molar-refractivity contribution < 1.29 is 8.42 Å². The number of aliphatic imine (C=N–C) groups is 2. The molecule has 0 unspecified atom stereocenters. The summed E-state index contributed by atoms with van der Waals surface area (Å²) in [4.78, 5) is 10.4. The highest BCUT2D eigenvalue weighted by Gasteiger charge is 2.42. The van der Waals surface area contributed by atoms with Crippen LogP contribution < -0.4 is 0 Å². The van der Waals surface area contributed by atoms with Crippen LogP contribution in [0.15, 0.2) is 57.3 Å². The zero-order valence-corrected chi connectivity index (χ0v) is 19.5. The SMILES string of the molecule is CSC1=NC2(CCN(S(=O)(=O)c3c(C)cc(C)cc3C)CC2)N=C1c1ccccc1. The molecule has 158 valence electrons. The first-order chi connectivity index (χ1) is 14.3. The average Bonchev–Trinajstić information content (AvgIpc) is 3.06. The average molecular weight is 442 g/mol. The summed E-state index contributed by atoms with van der Waals surface area (Å²) in [7, 11) is -3.54. The topological polar surface area (TPSA) is 62.1 Å². The largest absolute Gasteiger partial charge is 0.252 e. The summed E-state index contributed by atoms with van der Waals surface area (Å²) in [6, 6.07) is 14.0. The maximum Gasteiger partial charge on any atom is 0.243 e. The highest BCUT2D eigenvalue weighted by molar-refractivity contribution is 8.15. The zero-order chi connectivity index (χ0) is 21.5. The molecule has 1 fully saturated rings. The molecule has 2 aromatic rings. The molecule has 30 heavy (non-hydrogen) atoms. The van der Waals surface area contributed by atoms with Crippen molar-refractivity contribution in [1.82, 2.24) is 4.31 Å². The van der Waals surface area contributed by atoms with Gasteiger partial charge in [0.2, 0.25) is 10.0 Å². The fraction of sp³-hybridized carbons (Fsp3) is 0.391. The molecule has 0 bridgehead atoms. The lowest BCUT2D eigenvalue weighted by Crippen LogP contribution is -2.44. The zero-order valence-electron chi connectivity index (χ0n) is 17.8. The first-order valence-electron chi connectivity index (χ1n) is 10.1.